The Bertz CT molecular complexity index is 676. The number of aromatic nitrogens is 2. The molecule has 1 heterocycles. The molecule has 2 aromatic rings. The van der Waals surface area contributed by atoms with Crippen LogP contribution >= 0.6 is 0 Å². The van der Waals surface area contributed by atoms with Crippen molar-refractivity contribution in [2.24, 2.45) is 7.05 Å². The number of hydrogen-bond donors (Lipinski definition) is 2. The Hall–Kier alpha value is -1.93. The number of nitrogens with zero attached hydrogens (tertiary/aromatic N) is 2. The lowest BCUT2D eigenvalue weighted by Gasteiger charge is -2.10. The van der Waals surface area contributed by atoms with Crippen molar-refractivity contribution in [3.63, 3.8) is 0 Å². The minimum Gasteiger partial charge on any atom is -0.398 e. The van der Waals surface area contributed by atoms with Crippen LogP contribution in [0.15, 0.2) is 35.4 Å². The first-order valence-electron chi connectivity index (χ1n) is 5.42. The third-order valence-electron chi connectivity index (χ3n) is 2.63. The maximum atomic E-state index is 13.6. The van der Waals surface area contributed by atoms with Gasteiger partial charge < -0.3 is 5.73 Å². The molecule has 0 bridgehead atoms. The molecule has 0 aliphatic carbocycles. The standard InChI is InChI=1S/C11H13FN4O2S/c1-16-8(5-6-14-16)7-15-19(17,18)11-9(12)3-2-4-10(11)13/h2-6,15H,7,13H2,1H3. The van der Waals surface area contributed by atoms with Gasteiger partial charge in [0.05, 0.1) is 17.9 Å². The average molecular weight is 284 g/mol. The number of benzene rings is 1. The molecule has 1 aromatic heterocycles. The molecule has 0 aliphatic heterocycles. The Morgan fingerprint density at radius 1 is 1.42 bits per heavy atom. The van der Waals surface area contributed by atoms with E-state index in [-0.39, 0.29) is 12.2 Å². The van der Waals surface area contributed by atoms with Crippen molar-refractivity contribution < 1.29 is 12.8 Å². The van der Waals surface area contributed by atoms with Crippen molar-refractivity contribution in [3.8, 4) is 0 Å². The molecule has 0 radical (unpaired) electrons. The molecule has 0 fully saturated rings. The number of anilines is 1. The molecular formula is C11H13FN4O2S. The zero-order valence-corrected chi connectivity index (χ0v) is 11.0. The van der Waals surface area contributed by atoms with Crippen LogP contribution in [-0.4, -0.2) is 18.2 Å². The fourth-order valence-electron chi connectivity index (χ4n) is 1.62. The summed E-state index contributed by atoms with van der Waals surface area (Å²) in [6.07, 6.45) is 1.54. The smallest absolute Gasteiger partial charge is 0.245 e. The number of nitrogens with two attached hydrogens (primary N) is 1. The molecule has 19 heavy (non-hydrogen) atoms. The highest BCUT2D eigenvalue weighted by Gasteiger charge is 2.22. The predicted molar refractivity (Wildman–Crippen MR) is 68.0 cm³/mol. The Balaban J connectivity index is 2.26. The predicted octanol–water partition coefficient (Wildman–Crippen LogP) is 0.620. The van der Waals surface area contributed by atoms with Gasteiger partial charge >= 0.3 is 0 Å². The van der Waals surface area contributed by atoms with E-state index in [2.05, 4.69) is 9.82 Å². The minimum absolute atomic E-state index is 0.00656. The summed E-state index contributed by atoms with van der Waals surface area (Å²) in [7, 11) is -2.32. The van der Waals surface area contributed by atoms with Gasteiger partial charge in [-0.25, -0.2) is 17.5 Å². The molecule has 0 aliphatic rings. The second-order valence-corrected chi connectivity index (χ2v) is 5.63. The van der Waals surface area contributed by atoms with E-state index < -0.39 is 20.7 Å². The van der Waals surface area contributed by atoms with E-state index >= 15 is 0 Å². The van der Waals surface area contributed by atoms with Gasteiger partial charge in [-0.2, -0.15) is 5.10 Å². The molecule has 6 nitrogen and oxygen atoms in total. The van der Waals surface area contributed by atoms with Crippen LogP contribution in [0.1, 0.15) is 5.69 Å². The van der Waals surface area contributed by atoms with Gasteiger partial charge in [-0.3, -0.25) is 4.68 Å². The number of halogens is 1. The summed E-state index contributed by atoms with van der Waals surface area (Å²) in [5.74, 6) is -0.877. The maximum Gasteiger partial charge on any atom is 0.245 e. The van der Waals surface area contributed by atoms with Gasteiger partial charge in [0.1, 0.15) is 10.7 Å². The molecule has 0 amide bonds. The SMILES string of the molecule is Cn1nccc1CNS(=O)(=O)c1c(N)cccc1F. The van der Waals surface area contributed by atoms with Crippen LogP contribution in [0, 0.1) is 5.82 Å². The first-order valence-corrected chi connectivity index (χ1v) is 6.90. The van der Waals surface area contributed by atoms with Crippen LogP contribution < -0.4 is 10.5 Å². The lowest BCUT2D eigenvalue weighted by molar-refractivity contribution is 0.555. The Labute approximate surface area is 110 Å². The summed E-state index contributed by atoms with van der Waals surface area (Å²) < 4.78 is 41.4. The molecule has 0 atom stereocenters. The van der Waals surface area contributed by atoms with Crippen LogP contribution in [0.2, 0.25) is 0 Å². The second kappa shape index (κ2) is 4.98. The summed E-state index contributed by atoms with van der Waals surface area (Å²) in [6.45, 7) is 0.00656. The lowest BCUT2D eigenvalue weighted by Crippen LogP contribution is -2.26. The van der Waals surface area contributed by atoms with Crippen molar-refractivity contribution in [2.45, 2.75) is 11.4 Å². The van der Waals surface area contributed by atoms with E-state index in [1.165, 1.54) is 16.8 Å². The van der Waals surface area contributed by atoms with Gasteiger partial charge in [-0.1, -0.05) is 6.07 Å². The van der Waals surface area contributed by atoms with E-state index in [9.17, 15) is 12.8 Å². The molecular weight excluding hydrogens is 271 g/mol. The second-order valence-electron chi connectivity index (χ2n) is 3.93. The largest absolute Gasteiger partial charge is 0.398 e. The maximum absolute atomic E-state index is 13.6. The topological polar surface area (TPSA) is 90.0 Å². The van der Waals surface area contributed by atoms with Crippen LogP contribution in [-0.2, 0) is 23.6 Å². The van der Waals surface area contributed by atoms with E-state index in [1.54, 1.807) is 19.3 Å². The quantitative estimate of drug-likeness (QED) is 0.805. The van der Waals surface area contributed by atoms with Crippen molar-refractivity contribution >= 4 is 15.7 Å². The Morgan fingerprint density at radius 2 is 2.16 bits per heavy atom. The summed E-state index contributed by atoms with van der Waals surface area (Å²) in [6, 6.07) is 5.40. The zero-order valence-electron chi connectivity index (χ0n) is 10.2. The number of aryl methyl sites for hydroxylation is 1. The molecule has 2 rings (SSSR count). The highest BCUT2D eigenvalue weighted by Crippen LogP contribution is 2.21. The van der Waals surface area contributed by atoms with Gasteiger partial charge in [-0.15, -0.1) is 0 Å². The van der Waals surface area contributed by atoms with Crippen molar-refractivity contribution in [1.82, 2.24) is 14.5 Å². The molecule has 0 saturated heterocycles. The monoisotopic (exact) mass is 284 g/mol. The number of nitrogens with one attached hydrogen (secondary N) is 1. The lowest BCUT2D eigenvalue weighted by atomic mass is 10.3. The van der Waals surface area contributed by atoms with Crippen molar-refractivity contribution in [3.05, 3.63) is 42.0 Å². The summed E-state index contributed by atoms with van der Waals surface area (Å²) in [4.78, 5) is -0.530. The molecule has 3 N–H and O–H groups in total. The van der Waals surface area contributed by atoms with Crippen LogP contribution in [0.4, 0.5) is 10.1 Å². The molecule has 0 spiro atoms. The van der Waals surface area contributed by atoms with E-state index in [0.29, 0.717) is 5.69 Å². The number of sulfonamides is 1. The van der Waals surface area contributed by atoms with Gasteiger partial charge in [0.15, 0.2) is 0 Å². The van der Waals surface area contributed by atoms with E-state index in [0.717, 1.165) is 6.07 Å². The van der Waals surface area contributed by atoms with E-state index in [4.69, 9.17) is 5.73 Å². The highest BCUT2D eigenvalue weighted by molar-refractivity contribution is 7.89. The molecule has 0 unspecified atom stereocenters. The van der Waals surface area contributed by atoms with E-state index in [1.807, 2.05) is 0 Å². The number of hydrogen-bond acceptors (Lipinski definition) is 4. The molecule has 102 valence electrons. The van der Waals surface area contributed by atoms with Gasteiger partial charge in [0, 0.05) is 13.2 Å². The Kier molecular flexibility index (Phi) is 3.54. The van der Waals surface area contributed by atoms with Gasteiger partial charge in [0.2, 0.25) is 10.0 Å². The fraction of sp³-hybridized carbons (Fsp3) is 0.182. The van der Waals surface area contributed by atoms with Gasteiger partial charge in [0.25, 0.3) is 0 Å². The first kappa shape index (κ1) is 13.5. The Morgan fingerprint density at radius 3 is 2.74 bits per heavy atom. The average Bonchev–Trinajstić information content (AvgIpc) is 2.72. The number of rotatable bonds is 4. The van der Waals surface area contributed by atoms with Crippen molar-refractivity contribution in [2.75, 3.05) is 5.73 Å². The van der Waals surface area contributed by atoms with Crippen molar-refractivity contribution in [1.29, 1.82) is 0 Å². The molecule has 1 aromatic carbocycles. The molecule has 0 saturated carbocycles. The molecule has 8 heteroatoms. The third-order valence-corrected chi connectivity index (χ3v) is 4.12. The fourth-order valence-corrected chi connectivity index (χ4v) is 2.81. The summed E-state index contributed by atoms with van der Waals surface area (Å²) in [5, 5.41) is 3.91. The third kappa shape index (κ3) is 2.74. The summed E-state index contributed by atoms with van der Waals surface area (Å²) >= 11 is 0. The minimum atomic E-state index is -4.01. The zero-order chi connectivity index (χ0) is 14.0. The number of nitrogen functional groups attached to an aromatic ring is 1. The summed E-state index contributed by atoms with van der Waals surface area (Å²) in [5.41, 5.74) is 6.03. The van der Waals surface area contributed by atoms with Crippen LogP contribution in [0.25, 0.3) is 0 Å². The van der Waals surface area contributed by atoms with Crippen LogP contribution in [0.3, 0.4) is 0 Å². The van der Waals surface area contributed by atoms with Gasteiger partial charge in [-0.05, 0) is 18.2 Å². The highest BCUT2D eigenvalue weighted by atomic mass is 32.2. The first-order chi connectivity index (χ1) is 8.92. The van der Waals surface area contributed by atoms with Crippen LogP contribution in [0.5, 0.6) is 0 Å². The normalized spacial score (nSPS) is 11.7.